The Bertz CT molecular complexity index is 591. The highest BCUT2D eigenvalue weighted by Crippen LogP contribution is 2.13. The van der Waals surface area contributed by atoms with Crippen LogP contribution in [-0.4, -0.2) is 27.0 Å². The third-order valence-electron chi connectivity index (χ3n) is 2.12. The van der Waals surface area contributed by atoms with Crippen LogP contribution in [0.15, 0.2) is 10.9 Å². The van der Waals surface area contributed by atoms with Gasteiger partial charge in [0.25, 0.3) is 5.91 Å². The van der Waals surface area contributed by atoms with Gasteiger partial charge in [-0.05, 0) is 6.92 Å². The van der Waals surface area contributed by atoms with Gasteiger partial charge in [-0.15, -0.1) is 22.7 Å². The first kappa shape index (κ1) is 12.7. The molecule has 0 aromatic carbocycles. The van der Waals surface area contributed by atoms with Crippen LogP contribution >= 0.6 is 22.7 Å². The fraction of sp³-hybridized carbons (Fsp3) is 0.200. The molecule has 2 N–H and O–H groups in total. The molecule has 0 unspecified atom stereocenters. The zero-order valence-electron chi connectivity index (χ0n) is 9.34. The Morgan fingerprint density at radius 2 is 2.22 bits per heavy atom. The Morgan fingerprint density at radius 3 is 2.78 bits per heavy atom. The second kappa shape index (κ2) is 5.23. The van der Waals surface area contributed by atoms with Gasteiger partial charge in [0.05, 0.1) is 17.7 Å². The quantitative estimate of drug-likeness (QED) is 0.888. The standard InChI is InChI=1S/C10H9N3O3S2/c1-5-8(18-4-12-5)9(14)11-2-7-13-6(3-17-7)10(15)16/h3-4H,2H2,1H3,(H,11,14)(H,15,16). The Morgan fingerprint density at radius 1 is 1.44 bits per heavy atom. The van der Waals surface area contributed by atoms with Gasteiger partial charge in [0, 0.05) is 5.38 Å². The van der Waals surface area contributed by atoms with Crippen LogP contribution in [0.1, 0.15) is 30.9 Å². The van der Waals surface area contributed by atoms with Crippen molar-refractivity contribution < 1.29 is 14.7 Å². The van der Waals surface area contributed by atoms with Gasteiger partial charge in [-0.25, -0.2) is 14.8 Å². The molecular formula is C10H9N3O3S2. The summed E-state index contributed by atoms with van der Waals surface area (Å²) < 4.78 is 0. The van der Waals surface area contributed by atoms with E-state index >= 15 is 0 Å². The smallest absolute Gasteiger partial charge is 0.355 e. The zero-order chi connectivity index (χ0) is 13.1. The molecule has 0 saturated heterocycles. The summed E-state index contributed by atoms with van der Waals surface area (Å²) in [5.41, 5.74) is 2.29. The molecule has 0 spiro atoms. The normalized spacial score (nSPS) is 10.3. The van der Waals surface area contributed by atoms with Crippen molar-refractivity contribution in [3.8, 4) is 0 Å². The molecule has 0 atom stereocenters. The number of amides is 1. The maximum atomic E-state index is 11.8. The lowest BCUT2D eigenvalue weighted by molar-refractivity contribution is 0.0691. The molecule has 0 radical (unpaired) electrons. The van der Waals surface area contributed by atoms with Crippen molar-refractivity contribution >= 4 is 34.6 Å². The molecule has 6 nitrogen and oxygen atoms in total. The minimum absolute atomic E-state index is 0.00165. The number of carbonyl (C=O) groups excluding carboxylic acids is 1. The molecule has 8 heteroatoms. The van der Waals surface area contributed by atoms with Crippen molar-refractivity contribution in [1.82, 2.24) is 15.3 Å². The van der Waals surface area contributed by atoms with E-state index in [4.69, 9.17) is 5.11 Å². The topological polar surface area (TPSA) is 92.2 Å². The molecule has 2 rings (SSSR count). The number of hydrogen-bond donors (Lipinski definition) is 2. The SMILES string of the molecule is Cc1ncsc1C(=O)NCc1nc(C(=O)O)cs1. The molecule has 0 saturated carbocycles. The van der Waals surface area contributed by atoms with Crippen LogP contribution in [0, 0.1) is 6.92 Å². The zero-order valence-corrected chi connectivity index (χ0v) is 11.0. The summed E-state index contributed by atoms with van der Waals surface area (Å²) in [4.78, 5) is 30.8. The molecule has 18 heavy (non-hydrogen) atoms. The van der Waals surface area contributed by atoms with Crippen LogP contribution in [0.2, 0.25) is 0 Å². The molecular weight excluding hydrogens is 274 g/mol. The summed E-state index contributed by atoms with van der Waals surface area (Å²) in [6.07, 6.45) is 0. The fourth-order valence-corrected chi connectivity index (χ4v) is 2.67. The van der Waals surface area contributed by atoms with Gasteiger partial charge in [0.1, 0.15) is 9.88 Å². The predicted molar refractivity (Wildman–Crippen MR) is 67.1 cm³/mol. The Kier molecular flexibility index (Phi) is 3.68. The Balaban J connectivity index is 1.97. The summed E-state index contributed by atoms with van der Waals surface area (Å²) in [5, 5.41) is 13.4. The molecule has 1 amide bonds. The number of carboxylic acid groups (broad SMARTS) is 1. The van der Waals surface area contributed by atoms with Gasteiger partial charge in [-0.2, -0.15) is 0 Å². The number of aryl methyl sites for hydroxylation is 1. The molecule has 2 heterocycles. The van der Waals surface area contributed by atoms with E-state index in [0.717, 1.165) is 0 Å². The number of carbonyl (C=O) groups is 2. The Labute approximate surface area is 110 Å². The molecule has 0 bridgehead atoms. The molecule has 2 aromatic rings. The van der Waals surface area contributed by atoms with Crippen LogP contribution in [0.25, 0.3) is 0 Å². The molecule has 0 aliphatic heterocycles. The highest BCUT2D eigenvalue weighted by Gasteiger charge is 2.13. The van der Waals surface area contributed by atoms with Gasteiger partial charge in [0.2, 0.25) is 0 Å². The van der Waals surface area contributed by atoms with Gasteiger partial charge in [0.15, 0.2) is 5.69 Å². The highest BCUT2D eigenvalue weighted by molar-refractivity contribution is 7.12. The first-order chi connectivity index (χ1) is 8.58. The van der Waals surface area contributed by atoms with E-state index in [2.05, 4.69) is 15.3 Å². The largest absolute Gasteiger partial charge is 0.476 e. The highest BCUT2D eigenvalue weighted by atomic mass is 32.1. The minimum Gasteiger partial charge on any atom is -0.476 e. The minimum atomic E-state index is -1.07. The predicted octanol–water partition coefficient (Wildman–Crippen LogP) is 1.54. The number of nitrogens with zero attached hydrogens (tertiary/aromatic N) is 2. The summed E-state index contributed by atoms with van der Waals surface area (Å²) in [5.74, 6) is -1.29. The molecule has 0 fully saturated rings. The maximum absolute atomic E-state index is 11.8. The number of nitrogens with one attached hydrogen (secondary N) is 1. The van der Waals surface area contributed by atoms with Crippen molar-refractivity contribution in [2.75, 3.05) is 0 Å². The third kappa shape index (κ3) is 2.71. The van der Waals surface area contributed by atoms with E-state index in [0.29, 0.717) is 15.6 Å². The van der Waals surface area contributed by atoms with Crippen LogP contribution in [0.4, 0.5) is 0 Å². The van der Waals surface area contributed by atoms with E-state index in [9.17, 15) is 9.59 Å². The molecule has 0 aliphatic carbocycles. The number of rotatable bonds is 4. The fourth-order valence-electron chi connectivity index (χ4n) is 1.25. The first-order valence-electron chi connectivity index (χ1n) is 4.94. The number of aromatic nitrogens is 2. The van der Waals surface area contributed by atoms with Crippen molar-refractivity contribution in [1.29, 1.82) is 0 Å². The van der Waals surface area contributed by atoms with E-state index in [1.807, 2.05) is 0 Å². The summed E-state index contributed by atoms with van der Waals surface area (Å²) >= 11 is 2.47. The van der Waals surface area contributed by atoms with E-state index in [1.165, 1.54) is 28.1 Å². The van der Waals surface area contributed by atoms with Gasteiger partial charge < -0.3 is 10.4 Å². The first-order valence-corrected chi connectivity index (χ1v) is 6.70. The van der Waals surface area contributed by atoms with Crippen LogP contribution in [0.3, 0.4) is 0 Å². The molecule has 94 valence electrons. The summed E-state index contributed by atoms with van der Waals surface area (Å²) in [6.45, 7) is 1.98. The van der Waals surface area contributed by atoms with Crippen molar-refractivity contribution in [2.24, 2.45) is 0 Å². The van der Waals surface area contributed by atoms with Crippen LogP contribution in [-0.2, 0) is 6.54 Å². The third-order valence-corrected chi connectivity index (χ3v) is 3.90. The van der Waals surface area contributed by atoms with Crippen molar-refractivity contribution in [3.05, 3.63) is 32.2 Å². The van der Waals surface area contributed by atoms with Gasteiger partial charge in [-0.1, -0.05) is 0 Å². The number of aromatic carboxylic acids is 1. The van der Waals surface area contributed by atoms with Crippen molar-refractivity contribution in [3.63, 3.8) is 0 Å². The lowest BCUT2D eigenvalue weighted by atomic mass is 10.4. The summed E-state index contributed by atoms with van der Waals surface area (Å²) in [6, 6.07) is 0. The van der Waals surface area contributed by atoms with E-state index < -0.39 is 5.97 Å². The van der Waals surface area contributed by atoms with E-state index in [-0.39, 0.29) is 18.1 Å². The van der Waals surface area contributed by atoms with E-state index in [1.54, 1.807) is 12.4 Å². The number of carboxylic acids is 1. The van der Waals surface area contributed by atoms with Crippen LogP contribution < -0.4 is 5.32 Å². The maximum Gasteiger partial charge on any atom is 0.355 e. The number of hydrogen-bond acceptors (Lipinski definition) is 6. The molecule has 2 aromatic heterocycles. The van der Waals surface area contributed by atoms with Crippen LogP contribution in [0.5, 0.6) is 0 Å². The average molecular weight is 283 g/mol. The Hall–Kier alpha value is -1.80. The molecule has 0 aliphatic rings. The lowest BCUT2D eigenvalue weighted by Gasteiger charge is -2.00. The number of thiazole rings is 2. The van der Waals surface area contributed by atoms with Gasteiger partial charge >= 0.3 is 5.97 Å². The lowest BCUT2D eigenvalue weighted by Crippen LogP contribution is -2.22. The monoisotopic (exact) mass is 283 g/mol. The second-order valence-electron chi connectivity index (χ2n) is 3.38. The van der Waals surface area contributed by atoms with Gasteiger partial charge in [-0.3, -0.25) is 4.79 Å². The van der Waals surface area contributed by atoms with Crippen molar-refractivity contribution in [2.45, 2.75) is 13.5 Å². The summed E-state index contributed by atoms with van der Waals surface area (Å²) in [7, 11) is 0. The second-order valence-corrected chi connectivity index (χ2v) is 5.18. The average Bonchev–Trinajstić information content (AvgIpc) is 2.94.